The van der Waals surface area contributed by atoms with E-state index in [0.717, 1.165) is 13.2 Å². The molecule has 1 aromatic carbocycles. The molecule has 2 heteroatoms. The first-order chi connectivity index (χ1) is 7.38. The van der Waals surface area contributed by atoms with E-state index in [1.165, 1.54) is 30.4 Å². The quantitative estimate of drug-likeness (QED) is 0.797. The molecular weight excluding hydrogens is 186 g/mol. The highest BCUT2D eigenvalue weighted by Gasteiger charge is 2.17. The van der Waals surface area contributed by atoms with Crippen LogP contribution in [-0.4, -0.2) is 13.2 Å². The molecular formula is C13H19NO. The lowest BCUT2D eigenvalue weighted by molar-refractivity contribution is -0.00868. The van der Waals surface area contributed by atoms with Crippen LogP contribution in [0.3, 0.4) is 0 Å². The van der Waals surface area contributed by atoms with Gasteiger partial charge in [-0.25, -0.2) is 0 Å². The summed E-state index contributed by atoms with van der Waals surface area (Å²) < 4.78 is 5.78. The van der Waals surface area contributed by atoms with Crippen LogP contribution in [0.5, 0.6) is 0 Å². The molecule has 15 heavy (non-hydrogen) atoms. The normalized spacial score (nSPS) is 16.3. The second kappa shape index (κ2) is 5.29. The second-order valence-electron chi connectivity index (χ2n) is 4.21. The highest BCUT2D eigenvalue weighted by Crippen LogP contribution is 2.23. The Morgan fingerprint density at radius 2 is 2.13 bits per heavy atom. The molecule has 1 fully saturated rings. The summed E-state index contributed by atoms with van der Waals surface area (Å²) in [5, 5.41) is 3.16. The Kier molecular flexibility index (Phi) is 3.75. The predicted molar refractivity (Wildman–Crippen MR) is 61.6 cm³/mol. The molecule has 0 atom stereocenters. The van der Waals surface area contributed by atoms with Gasteiger partial charge >= 0.3 is 0 Å². The molecule has 0 radical (unpaired) electrons. The minimum Gasteiger partial charge on any atom is -0.374 e. The topological polar surface area (TPSA) is 21.3 Å². The Balaban J connectivity index is 1.86. The van der Waals surface area contributed by atoms with Crippen molar-refractivity contribution in [2.75, 3.05) is 7.05 Å². The second-order valence-corrected chi connectivity index (χ2v) is 4.21. The van der Waals surface area contributed by atoms with Gasteiger partial charge in [-0.15, -0.1) is 0 Å². The van der Waals surface area contributed by atoms with Gasteiger partial charge in [0.25, 0.3) is 0 Å². The predicted octanol–water partition coefficient (Wildman–Crippen LogP) is 2.48. The highest BCUT2D eigenvalue weighted by molar-refractivity contribution is 5.22. The fourth-order valence-electron chi connectivity index (χ4n) is 1.79. The maximum Gasteiger partial charge on any atom is 0.0720 e. The lowest BCUT2D eigenvalue weighted by atomic mass is 9.96. The minimum atomic E-state index is 0.526. The summed E-state index contributed by atoms with van der Waals surface area (Å²) in [5.74, 6) is 0. The first-order valence-corrected chi connectivity index (χ1v) is 5.72. The number of nitrogens with one attached hydrogen (secondary N) is 1. The van der Waals surface area contributed by atoms with Crippen LogP contribution in [0.4, 0.5) is 0 Å². The van der Waals surface area contributed by atoms with Gasteiger partial charge in [0.05, 0.1) is 12.7 Å². The zero-order chi connectivity index (χ0) is 10.5. The SMILES string of the molecule is CNCc1cccc(COC2CCC2)c1. The summed E-state index contributed by atoms with van der Waals surface area (Å²) >= 11 is 0. The van der Waals surface area contributed by atoms with Crippen LogP contribution in [0.1, 0.15) is 30.4 Å². The van der Waals surface area contributed by atoms with Crippen molar-refractivity contribution in [2.45, 2.75) is 38.5 Å². The molecule has 2 rings (SSSR count). The van der Waals surface area contributed by atoms with Gasteiger partial charge in [0, 0.05) is 6.54 Å². The van der Waals surface area contributed by atoms with Crippen molar-refractivity contribution in [3.63, 3.8) is 0 Å². The summed E-state index contributed by atoms with van der Waals surface area (Å²) in [6.45, 7) is 1.69. The average Bonchev–Trinajstić information content (AvgIpc) is 2.16. The van der Waals surface area contributed by atoms with Gasteiger partial charge in [0.2, 0.25) is 0 Å². The third-order valence-electron chi connectivity index (χ3n) is 2.91. The maximum atomic E-state index is 5.78. The van der Waals surface area contributed by atoms with Gasteiger partial charge in [-0.1, -0.05) is 24.3 Å². The molecule has 1 N–H and O–H groups in total. The molecule has 0 heterocycles. The van der Waals surface area contributed by atoms with Crippen LogP contribution >= 0.6 is 0 Å². The highest BCUT2D eigenvalue weighted by atomic mass is 16.5. The number of benzene rings is 1. The molecule has 82 valence electrons. The van der Waals surface area contributed by atoms with E-state index in [9.17, 15) is 0 Å². The van der Waals surface area contributed by atoms with Gasteiger partial charge in [0.1, 0.15) is 0 Å². The van der Waals surface area contributed by atoms with Crippen molar-refractivity contribution in [3.8, 4) is 0 Å². The molecule has 0 aromatic heterocycles. The van der Waals surface area contributed by atoms with E-state index in [0.29, 0.717) is 6.10 Å². The molecule has 1 aromatic rings. The Hall–Kier alpha value is -0.860. The number of hydrogen-bond donors (Lipinski definition) is 1. The summed E-state index contributed by atoms with van der Waals surface area (Å²) in [7, 11) is 1.97. The van der Waals surface area contributed by atoms with Crippen LogP contribution in [0.15, 0.2) is 24.3 Å². The third-order valence-corrected chi connectivity index (χ3v) is 2.91. The van der Waals surface area contributed by atoms with E-state index < -0.39 is 0 Å². The first kappa shape index (κ1) is 10.7. The summed E-state index contributed by atoms with van der Waals surface area (Å²) in [5.41, 5.74) is 2.61. The minimum absolute atomic E-state index is 0.526. The number of ether oxygens (including phenoxy) is 1. The van der Waals surface area contributed by atoms with Crippen LogP contribution in [0, 0.1) is 0 Å². The Morgan fingerprint density at radius 1 is 1.33 bits per heavy atom. The molecule has 0 spiro atoms. The molecule has 2 nitrogen and oxygen atoms in total. The van der Waals surface area contributed by atoms with E-state index in [-0.39, 0.29) is 0 Å². The zero-order valence-corrected chi connectivity index (χ0v) is 9.33. The van der Waals surface area contributed by atoms with Gasteiger partial charge in [-0.05, 0) is 37.4 Å². The summed E-state index contributed by atoms with van der Waals surface area (Å²) in [6.07, 6.45) is 4.36. The third kappa shape index (κ3) is 3.05. The fourth-order valence-corrected chi connectivity index (χ4v) is 1.79. The lowest BCUT2D eigenvalue weighted by Crippen LogP contribution is -2.21. The van der Waals surface area contributed by atoms with Crippen molar-refractivity contribution in [1.29, 1.82) is 0 Å². The smallest absolute Gasteiger partial charge is 0.0720 e. The van der Waals surface area contributed by atoms with E-state index in [2.05, 4.69) is 29.6 Å². The van der Waals surface area contributed by atoms with E-state index in [1.807, 2.05) is 7.05 Å². The van der Waals surface area contributed by atoms with Gasteiger partial charge in [0.15, 0.2) is 0 Å². The molecule has 0 amide bonds. The molecule has 0 saturated heterocycles. The van der Waals surface area contributed by atoms with Crippen LogP contribution in [-0.2, 0) is 17.9 Å². The van der Waals surface area contributed by atoms with Crippen molar-refractivity contribution in [3.05, 3.63) is 35.4 Å². The number of rotatable bonds is 5. The van der Waals surface area contributed by atoms with E-state index in [1.54, 1.807) is 0 Å². The molecule has 0 unspecified atom stereocenters. The van der Waals surface area contributed by atoms with Crippen molar-refractivity contribution < 1.29 is 4.74 Å². The molecule has 0 aliphatic heterocycles. The molecule has 1 saturated carbocycles. The van der Waals surface area contributed by atoms with Crippen LogP contribution in [0.2, 0.25) is 0 Å². The van der Waals surface area contributed by atoms with Crippen LogP contribution < -0.4 is 5.32 Å². The van der Waals surface area contributed by atoms with Crippen molar-refractivity contribution in [2.24, 2.45) is 0 Å². The number of hydrogen-bond acceptors (Lipinski definition) is 2. The van der Waals surface area contributed by atoms with Crippen LogP contribution in [0.25, 0.3) is 0 Å². The standard InChI is InChI=1S/C13H19NO/c1-14-9-11-4-2-5-12(8-11)10-15-13-6-3-7-13/h2,4-5,8,13-14H,3,6-7,9-10H2,1H3. The van der Waals surface area contributed by atoms with Gasteiger partial charge in [-0.2, -0.15) is 0 Å². The Labute approximate surface area is 91.6 Å². The average molecular weight is 205 g/mol. The zero-order valence-electron chi connectivity index (χ0n) is 9.33. The summed E-state index contributed by atoms with van der Waals surface area (Å²) in [4.78, 5) is 0. The largest absolute Gasteiger partial charge is 0.374 e. The molecule has 1 aliphatic carbocycles. The van der Waals surface area contributed by atoms with E-state index >= 15 is 0 Å². The van der Waals surface area contributed by atoms with Gasteiger partial charge < -0.3 is 10.1 Å². The molecule has 0 bridgehead atoms. The maximum absolute atomic E-state index is 5.78. The van der Waals surface area contributed by atoms with Crippen molar-refractivity contribution >= 4 is 0 Å². The summed E-state index contributed by atoms with van der Waals surface area (Å²) in [6, 6.07) is 8.60. The Morgan fingerprint density at radius 3 is 2.80 bits per heavy atom. The molecule has 1 aliphatic rings. The van der Waals surface area contributed by atoms with Crippen molar-refractivity contribution in [1.82, 2.24) is 5.32 Å². The van der Waals surface area contributed by atoms with E-state index in [4.69, 9.17) is 4.74 Å². The lowest BCUT2D eigenvalue weighted by Gasteiger charge is -2.25. The first-order valence-electron chi connectivity index (χ1n) is 5.72. The van der Waals surface area contributed by atoms with Gasteiger partial charge in [-0.3, -0.25) is 0 Å². The monoisotopic (exact) mass is 205 g/mol. The Bertz CT molecular complexity index is 307. The fraction of sp³-hybridized carbons (Fsp3) is 0.538.